The first-order chi connectivity index (χ1) is 12.8. The Morgan fingerprint density at radius 1 is 1.07 bits per heavy atom. The molecule has 0 spiro atoms. The SMILES string of the molecule is N[C@H](C(=O)O)[C@H](OCc1cccc(NC(=O)c2ccc([125I])cc2)c1)C(=O)O. The lowest BCUT2D eigenvalue weighted by molar-refractivity contribution is -0.159. The van der Waals surface area contributed by atoms with Crippen molar-refractivity contribution in [3.05, 3.63) is 63.2 Å². The van der Waals surface area contributed by atoms with Crippen molar-refractivity contribution >= 4 is 46.1 Å². The highest BCUT2D eigenvalue weighted by atomic mass is 125. The van der Waals surface area contributed by atoms with Crippen molar-refractivity contribution in [2.24, 2.45) is 5.73 Å². The Kier molecular flexibility index (Phi) is 7.28. The van der Waals surface area contributed by atoms with Crippen LogP contribution in [0, 0.1) is 3.57 Å². The second-order valence-electron chi connectivity index (χ2n) is 5.60. The van der Waals surface area contributed by atoms with Crippen molar-refractivity contribution in [3.8, 4) is 0 Å². The van der Waals surface area contributed by atoms with Crippen LogP contribution in [0.4, 0.5) is 5.69 Å². The number of aliphatic carboxylic acids is 2. The fourth-order valence-corrected chi connectivity index (χ4v) is 2.55. The summed E-state index contributed by atoms with van der Waals surface area (Å²) in [5.41, 5.74) is 6.88. The molecular formula is C18H17IN2O6. The lowest BCUT2D eigenvalue weighted by Crippen LogP contribution is -2.47. The Labute approximate surface area is 168 Å². The van der Waals surface area contributed by atoms with E-state index in [2.05, 4.69) is 27.9 Å². The van der Waals surface area contributed by atoms with Gasteiger partial charge >= 0.3 is 11.9 Å². The number of rotatable bonds is 8. The Hall–Kier alpha value is -2.50. The lowest BCUT2D eigenvalue weighted by atomic mass is 10.1. The number of carboxylic acids is 2. The molecule has 0 heterocycles. The molecular weight excluding hydrogens is 465 g/mol. The molecule has 0 radical (unpaired) electrons. The molecule has 0 saturated heterocycles. The summed E-state index contributed by atoms with van der Waals surface area (Å²) < 4.78 is 6.16. The van der Waals surface area contributed by atoms with Gasteiger partial charge in [0.05, 0.1) is 6.61 Å². The fourth-order valence-electron chi connectivity index (χ4n) is 2.19. The van der Waals surface area contributed by atoms with E-state index in [1.165, 1.54) is 0 Å². The number of ether oxygens (including phenoxy) is 1. The summed E-state index contributed by atoms with van der Waals surface area (Å²) in [6.45, 7) is -0.175. The van der Waals surface area contributed by atoms with Gasteiger partial charge in [-0.25, -0.2) is 4.79 Å². The van der Waals surface area contributed by atoms with E-state index in [-0.39, 0.29) is 12.5 Å². The van der Waals surface area contributed by atoms with Gasteiger partial charge in [-0.1, -0.05) is 12.1 Å². The average Bonchev–Trinajstić information content (AvgIpc) is 2.62. The molecule has 2 atom stereocenters. The number of hydrogen-bond acceptors (Lipinski definition) is 5. The predicted molar refractivity (Wildman–Crippen MR) is 105 cm³/mol. The van der Waals surface area contributed by atoms with E-state index < -0.39 is 24.1 Å². The van der Waals surface area contributed by atoms with E-state index in [1.54, 1.807) is 36.4 Å². The molecule has 0 aromatic heterocycles. The van der Waals surface area contributed by atoms with Crippen LogP contribution >= 0.6 is 22.6 Å². The normalized spacial score (nSPS) is 12.8. The maximum absolute atomic E-state index is 12.3. The van der Waals surface area contributed by atoms with Gasteiger partial charge < -0.3 is 26.0 Å². The van der Waals surface area contributed by atoms with Gasteiger partial charge in [0.2, 0.25) is 0 Å². The minimum absolute atomic E-state index is 0.175. The highest BCUT2D eigenvalue weighted by molar-refractivity contribution is 14.1. The number of nitrogens with one attached hydrogen (secondary N) is 1. The molecule has 2 aromatic carbocycles. The molecule has 0 aliphatic carbocycles. The standard InChI is InChI=1S/C18H17IN2O6/c19-12-6-4-11(5-7-12)16(22)21-13-3-1-2-10(8-13)9-27-15(18(25)26)14(20)17(23)24/h1-8,14-15H,9,20H2,(H,21,22)(H,23,24)(H,25,26)/t14-,15-/m0/s1/i19-2. The first kappa shape index (κ1) is 20.8. The number of hydrogen-bond donors (Lipinski definition) is 4. The molecule has 5 N–H and O–H groups in total. The van der Waals surface area contributed by atoms with E-state index in [0.29, 0.717) is 16.8 Å². The van der Waals surface area contributed by atoms with Crippen molar-refractivity contribution < 1.29 is 29.3 Å². The summed E-state index contributed by atoms with van der Waals surface area (Å²) in [7, 11) is 0. The zero-order valence-corrected chi connectivity index (χ0v) is 16.1. The molecule has 1 amide bonds. The van der Waals surface area contributed by atoms with Crippen molar-refractivity contribution in [3.63, 3.8) is 0 Å². The van der Waals surface area contributed by atoms with Gasteiger partial charge in [0, 0.05) is 14.8 Å². The summed E-state index contributed by atoms with van der Waals surface area (Å²) in [6, 6.07) is 12.0. The second-order valence-corrected chi connectivity index (χ2v) is 6.84. The van der Waals surface area contributed by atoms with E-state index in [0.717, 1.165) is 3.57 Å². The van der Waals surface area contributed by atoms with Crippen LogP contribution in [0.15, 0.2) is 48.5 Å². The highest BCUT2D eigenvalue weighted by Crippen LogP contribution is 2.15. The van der Waals surface area contributed by atoms with Crippen molar-refractivity contribution in [1.82, 2.24) is 0 Å². The maximum Gasteiger partial charge on any atom is 0.335 e. The summed E-state index contributed by atoms with van der Waals surface area (Å²) in [6.07, 6.45) is -1.69. The van der Waals surface area contributed by atoms with E-state index in [9.17, 15) is 14.4 Å². The largest absolute Gasteiger partial charge is 0.480 e. The molecule has 0 aliphatic rings. The van der Waals surface area contributed by atoms with E-state index >= 15 is 0 Å². The summed E-state index contributed by atoms with van der Waals surface area (Å²) in [5.74, 6) is -3.23. The number of nitrogens with two attached hydrogens (primary N) is 1. The topological polar surface area (TPSA) is 139 Å². The molecule has 9 heteroatoms. The van der Waals surface area contributed by atoms with E-state index in [4.69, 9.17) is 20.7 Å². The molecule has 2 rings (SSSR count). The van der Waals surface area contributed by atoms with Gasteiger partial charge in [-0.3, -0.25) is 9.59 Å². The molecule has 0 fully saturated rings. The Morgan fingerprint density at radius 3 is 2.33 bits per heavy atom. The number of amides is 1. The van der Waals surface area contributed by atoms with Crippen LogP contribution in [0.2, 0.25) is 0 Å². The van der Waals surface area contributed by atoms with Crippen LogP contribution in [0.25, 0.3) is 0 Å². The third-order valence-corrected chi connectivity index (χ3v) is 4.29. The highest BCUT2D eigenvalue weighted by Gasteiger charge is 2.31. The quantitative estimate of drug-likeness (QED) is 0.422. The fraction of sp³-hybridized carbons (Fsp3) is 0.167. The van der Waals surface area contributed by atoms with Gasteiger partial charge in [0.1, 0.15) is 6.04 Å². The molecule has 0 aliphatic heterocycles. The third kappa shape index (κ3) is 6.01. The number of halogens is 1. The van der Waals surface area contributed by atoms with Crippen molar-refractivity contribution in [1.29, 1.82) is 0 Å². The van der Waals surface area contributed by atoms with Gasteiger partial charge in [-0.2, -0.15) is 0 Å². The van der Waals surface area contributed by atoms with E-state index in [1.807, 2.05) is 12.1 Å². The molecule has 0 bridgehead atoms. The minimum Gasteiger partial charge on any atom is -0.480 e. The molecule has 0 saturated carbocycles. The predicted octanol–water partition coefficient (Wildman–Crippen LogP) is 1.93. The molecule has 2 aromatic rings. The zero-order chi connectivity index (χ0) is 20.0. The third-order valence-electron chi connectivity index (χ3n) is 3.58. The second kappa shape index (κ2) is 9.44. The van der Waals surface area contributed by atoms with Crippen LogP contribution in [0.3, 0.4) is 0 Å². The van der Waals surface area contributed by atoms with Crippen LogP contribution in [-0.4, -0.2) is 40.2 Å². The van der Waals surface area contributed by atoms with Crippen molar-refractivity contribution in [2.75, 3.05) is 5.32 Å². The van der Waals surface area contributed by atoms with Gasteiger partial charge in [-0.05, 0) is 64.6 Å². The van der Waals surface area contributed by atoms with Gasteiger partial charge in [0.25, 0.3) is 5.91 Å². The summed E-state index contributed by atoms with van der Waals surface area (Å²) in [4.78, 5) is 34.3. The molecule has 27 heavy (non-hydrogen) atoms. The zero-order valence-electron chi connectivity index (χ0n) is 14.0. The monoisotopic (exact) mass is 482 g/mol. The van der Waals surface area contributed by atoms with Gasteiger partial charge in [-0.15, -0.1) is 0 Å². The number of carbonyl (C=O) groups excluding carboxylic acids is 1. The number of anilines is 1. The molecule has 8 nitrogen and oxygen atoms in total. The first-order valence-corrected chi connectivity index (χ1v) is 8.84. The Bertz CT molecular complexity index is 840. The Morgan fingerprint density at radius 2 is 1.74 bits per heavy atom. The van der Waals surface area contributed by atoms with Crippen LogP contribution in [0.1, 0.15) is 15.9 Å². The van der Waals surface area contributed by atoms with Crippen molar-refractivity contribution in [2.45, 2.75) is 18.8 Å². The maximum atomic E-state index is 12.3. The van der Waals surface area contributed by atoms with Crippen LogP contribution in [0.5, 0.6) is 0 Å². The lowest BCUT2D eigenvalue weighted by Gasteiger charge is -2.17. The summed E-state index contributed by atoms with van der Waals surface area (Å²) in [5, 5.41) is 20.7. The van der Waals surface area contributed by atoms with Crippen LogP contribution in [-0.2, 0) is 20.9 Å². The number of carboxylic acid groups (broad SMARTS) is 2. The molecule has 0 unspecified atom stereocenters. The number of carbonyl (C=O) groups is 3. The minimum atomic E-state index is -1.69. The van der Waals surface area contributed by atoms with Gasteiger partial charge in [0.15, 0.2) is 6.10 Å². The smallest absolute Gasteiger partial charge is 0.335 e. The molecule has 142 valence electrons. The first-order valence-electron chi connectivity index (χ1n) is 7.76. The average molecular weight is 482 g/mol. The Balaban J connectivity index is 2.04. The number of benzene rings is 2. The van der Waals surface area contributed by atoms with Crippen LogP contribution < -0.4 is 11.1 Å². The summed E-state index contributed by atoms with van der Waals surface area (Å²) >= 11 is 2.14.